The maximum absolute atomic E-state index is 13.0. The number of carboxylic acids is 1. The van der Waals surface area contributed by atoms with Crippen molar-refractivity contribution in [3.05, 3.63) is 18.2 Å². The van der Waals surface area contributed by atoms with Crippen molar-refractivity contribution >= 4 is 35.5 Å². The summed E-state index contributed by atoms with van der Waals surface area (Å²) in [6.45, 7) is -1.69. The van der Waals surface area contributed by atoms with E-state index in [1.165, 1.54) is 12.5 Å². The van der Waals surface area contributed by atoms with E-state index in [-0.39, 0.29) is 19.3 Å². The maximum atomic E-state index is 13.0. The normalized spacial score (nSPS) is 14.0. The maximum Gasteiger partial charge on any atom is 0.327 e. The molecule has 0 saturated carbocycles. The van der Waals surface area contributed by atoms with E-state index in [1.807, 2.05) is 0 Å². The fourth-order valence-electron chi connectivity index (χ4n) is 2.86. The van der Waals surface area contributed by atoms with E-state index in [2.05, 4.69) is 31.2 Å². The highest BCUT2D eigenvalue weighted by Gasteiger charge is 2.31. The highest BCUT2D eigenvalue weighted by molar-refractivity contribution is 5.95. The number of hydrogen-bond donors (Lipinski definition) is 10. The summed E-state index contributed by atoms with van der Waals surface area (Å²) in [6, 6.07) is -5.66. The summed E-state index contributed by atoms with van der Waals surface area (Å²) in [4.78, 5) is 78.9. The summed E-state index contributed by atoms with van der Waals surface area (Å²) in [6.07, 6.45) is 1.99. The zero-order chi connectivity index (χ0) is 27.3. The molecule has 0 aliphatic carbocycles. The summed E-state index contributed by atoms with van der Waals surface area (Å²) in [5, 5.41) is 27.6. The Morgan fingerprint density at radius 2 is 1.50 bits per heavy atom. The summed E-state index contributed by atoms with van der Waals surface area (Å²) in [5.74, 6) is -5.71. The molecule has 13 N–H and O–H groups in total. The number of hydrogen-bond acceptors (Lipinski definition) is 10. The van der Waals surface area contributed by atoms with Gasteiger partial charge in [-0.3, -0.25) is 24.0 Å². The summed E-state index contributed by atoms with van der Waals surface area (Å²) < 4.78 is 0. The Labute approximate surface area is 204 Å². The molecular formula is C19H31N9O8. The van der Waals surface area contributed by atoms with Crippen LogP contribution in [0, 0.1) is 0 Å². The number of rotatable bonds is 16. The fraction of sp³-hybridized carbons (Fsp3) is 0.526. The molecule has 0 aliphatic heterocycles. The monoisotopic (exact) mass is 513 g/mol. The molecule has 17 heteroatoms. The molecule has 1 aromatic rings. The quantitative estimate of drug-likeness (QED) is 0.0992. The van der Waals surface area contributed by atoms with Gasteiger partial charge in [-0.15, -0.1) is 0 Å². The van der Waals surface area contributed by atoms with Crippen molar-refractivity contribution in [1.82, 2.24) is 31.2 Å². The van der Waals surface area contributed by atoms with E-state index < -0.39 is 79.4 Å². The van der Waals surface area contributed by atoms with Crippen molar-refractivity contribution in [3.63, 3.8) is 0 Å². The SMILES string of the molecule is NCC(=O)N[C@@H](CO)C(=O)N[C@@H](CCC(N)=O)C(=O)N[C@@H](Cc1c[nH]cn1)C(=O)N[C@@H](CN)C(=O)O. The van der Waals surface area contributed by atoms with Crippen molar-refractivity contribution in [2.45, 2.75) is 43.4 Å². The van der Waals surface area contributed by atoms with Crippen LogP contribution < -0.4 is 38.5 Å². The molecule has 0 unspecified atom stereocenters. The minimum atomic E-state index is -1.45. The number of nitrogens with zero attached hydrogens (tertiary/aromatic N) is 1. The van der Waals surface area contributed by atoms with Gasteiger partial charge in [-0.25, -0.2) is 9.78 Å². The zero-order valence-electron chi connectivity index (χ0n) is 19.2. The molecule has 0 spiro atoms. The van der Waals surface area contributed by atoms with Crippen LogP contribution >= 0.6 is 0 Å². The Kier molecular flexibility index (Phi) is 12.5. The predicted molar refractivity (Wildman–Crippen MR) is 121 cm³/mol. The van der Waals surface area contributed by atoms with E-state index >= 15 is 0 Å². The number of carboxylic acid groups (broad SMARTS) is 1. The number of aliphatic hydroxyl groups excluding tert-OH is 1. The first-order chi connectivity index (χ1) is 17.0. The van der Waals surface area contributed by atoms with Crippen molar-refractivity contribution in [2.24, 2.45) is 17.2 Å². The third-order valence-electron chi connectivity index (χ3n) is 4.78. The van der Waals surface area contributed by atoms with Crippen molar-refractivity contribution in [3.8, 4) is 0 Å². The lowest BCUT2D eigenvalue weighted by Crippen LogP contribution is -2.59. The average Bonchev–Trinajstić information content (AvgIpc) is 3.35. The molecule has 1 aromatic heterocycles. The Morgan fingerprint density at radius 1 is 0.917 bits per heavy atom. The van der Waals surface area contributed by atoms with Gasteiger partial charge in [0.15, 0.2) is 0 Å². The van der Waals surface area contributed by atoms with Crippen LogP contribution in [-0.2, 0) is 35.2 Å². The van der Waals surface area contributed by atoms with Crippen LogP contribution in [0.2, 0.25) is 0 Å². The molecule has 0 aromatic carbocycles. The number of imidazole rings is 1. The number of aromatic amines is 1. The Bertz CT molecular complexity index is 924. The van der Waals surface area contributed by atoms with Crippen LogP contribution in [0.15, 0.2) is 12.5 Å². The smallest absolute Gasteiger partial charge is 0.327 e. The van der Waals surface area contributed by atoms with Gasteiger partial charge in [0.05, 0.1) is 25.2 Å². The molecule has 4 atom stereocenters. The number of H-pyrrole nitrogens is 1. The molecule has 0 aliphatic rings. The van der Waals surface area contributed by atoms with Crippen molar-refractivity contribution in [2.75, 3.05) is 19.7 Å². The number of primary amides is 1. The minimum absolute atomic E-state index is 0.166. The van der Waals surface area contributed by atoms with Gasteiger partial charge in [0.2, 0.25) is 29.5 Å². The van der Waals surface area contributed by atoms with Gasteiger partial charge in [-0.05, 0) is 6.42 Å². The molecule has 5 amide bonds. The molecule has 200 valence electrons. The molecule has 1 heterocycles. The molecule has 0 fully saturated rings. The van der Waals surface area contributed by atoms with E-state index in [1.54, 1.807) is 0 Å². The second-order valence-corrected chi connectivity index (χ2v) is 7.53. The number of amides is 5. The first-order valence-corrected chi connectivity index (χ1v) is 10.7. The number of aromatic nitrogens is 2. The van der Waals surface area contributed by atoms with E-state index in [0.717, 1.165) is 0 Å². The number of carbonyl (C=O) groups is 6. The third kappa shape index (κ3) is 10.0. The molecule has 1 rings (SSSR count). The van der Waals surface area contributed by atoms with Gasteiger partial charge < -0.3 is 53.7 Å². The lowest BCUT2D eigenvalue weighted by Gasteiger charge is -2.25. The van der Waals surface area contributed by atoms with Crippen molar-refractivity contribution in [1.29, 1.82) is 0 Å². The van der Waals surface area contributed by atoms with E-state index in [0.29, 0.717) is 5.69 Å². The van der Waals surface area contributed by atoms with Gasteiger partial charge in [0.1, 0.15) is 24.2 Å². The van der Waals surface area contributed by atoms with E-state index in [4.69, 9.17) is 22.3 Å². The largest absolute Gasteiger partial charge is 0.480 e. The summed E-state index contributed by atoms with van der Waals surface area (Å²) in [5.41, 5.74) is 16.0. The Morgan fingerprint density at radius 3 is 2.00 bits per heavy atom. The van der Waals surface area contributed by atoms with Crippen LogP contribution in [0.5, 0.6) is 0 Å². The first-order valence-electron chi connectivity index (χ1n) is 10.7. The lowest BCUT2D eigenvalue weighted by molar-refractivity contribution is -0.142. The molecule has 36 heavy (non-hydrogen) atoms. The second kappa shape index (κ2) is 15.0. The van der Waals surface area contributed by atoms with Crippen LogP contribution in [0.25, 0.3) is 0 Å². The van der Waals surface area contributed by atoms with Gasteiger partial charge in [-0.2, -0.15) is 0 Å². The van der Waals surface area contributed by atoms with Gasteiger partial charge >= 0.3 is 5.97 Å². The summed E-state index contributed by atoms with van der Waals surface area (Å²) >= 11 is 0. The highest BCUT2D eigenvalue weighted by atomic mass is 16.4. The molecular weight excluding hydrogens is 482 g/mol. The minimum Gasteiger partial charge on any atom is -0.480 e. The predicted octanol–water partition coefficient (Wildman–Crippen LogP) is -5.85. The van der Waals surface area contributed by atoms with Gasteiger partial charge in [0.25, 0.3) is 0 Å². The van der Waals surface area contributed by atoms with Crippen LogP contribution in [0.4, 0.5) is 0 Å². The van der Waals surface area contributed by atoms with Crippen LogP contribution in [0.3, 0.4) is 0 Å². The topological polar surface area (TPSA) is 298 Å². The zero-order valence-corrected chi connectivity index (χ0v) is 19.2. The number of aliphatic hydroxyl groups is 1. The van der Waals surface area contributed by atoms with Gasteiger partial charge in [-0.1, -0.05) is 0 Å². The van der Waals surface area contributed by atoms with Crippen molar-refractivity contribution < 1.29 is 39.0 Å². The number of carbonyl (C=O) groups excluding carboxylic acids is 5. The number of nitrogens with one attached hydrogen (secondary N) is 5. The fourth-order valence-corrected chi connectivity index (χ4v) is 2.86. The summed E-state index contributed by atoms with van der Waals surface area (Å²) in [7, 11) is 0. The standard InChI is InChI=1S/C19H31N9O8/c20-4-12(19(35)36)28-17(33)11(3-9-6-23-8-24-9)27-16(32)10(1-2-14(22)30)26-18(34)13(7-29)25-15(31)5-21/h6,8,10-13,29H,1-5,7,20-21H2,(H2,22,30)(H,23,24)(H,25,31)(H,26,34)(H,27,32)(H,28,33)(H,35,36)/t10-,11-,12-,13-/m0/s1. The van der Waals surface area contributed by atoms with Crippen LogP contribution in [0.1, 0.15) is 18.5 Å². The third-order valence-corrected chi connectivity index (χ3v) is 4.78. The lowest BCUT2D eigenvalue weighted by atomic mass is 10.1. The number of nitrogens with two attached hydrogens (primary N) is 3. The van der Waals surface area contributed by atoms with Gasteiger partial charge in [0, 0.05) is 25.6 Å². The molecule has 0 bridgehead atoms. The Hall–Kier alpha value is -4.09. The molecule has 17 nitrogen and oxygen atoms in total. The molecule has 0 saturated heterocycles. The number of aliphatic carboxylic acids is 1. The Balaban J connectivity index is 3.09. The highest BCUT2D eigenvalue weighted by Crippen LogP contribution is 2.04. The molecule has 0 radical (unpaired) electrons. The average molecular weight is 514 g/mol. The van der Waals surface area contributed by atoms with Crippen LogP contribution in [-0.4, -0.2) is 99.5 Å². The van der Waals surface area contributed by atoms with E-state index in [9.17, 15) is 33.9 Å². The first kappa shape index (κ1) is 29.9. The second-order valence-electron chi connectivity index (χ2n) is 7.53.